The molecule has 1 atom stereocenters. The van der Waals surface area contributed by atoms with Gasteiger partial charge in [0.15, 0.2) is 0 Å². The van der Waals surface area contributed by atoms with Crippen molar-refractivity contribution in [3.8, 4) is 0 Å². The van der Waals surface area contributed by atoms with E-state index in [9.17, 15) is 14.4 Å². The minimum absolute atomic E-state index is 0.215. The predicted octanol–water partition coefficient (Wildman–Crippen LogP) is 2.58. The Morgan fingerprint density at radius 3 is 2.36 bits per heavy atom. The van der Waals surface area contributed by atoms with Gasteiger partial charge in [-0.3, -0.25) is 24.0 Å². The van der Waals surface area contributed by atoms with Crippen molar-refractivity contribution in [1.29, 1.82) is 0 Å². The largest absolute Gasteiger partial charge is 0.370 e. The van der Waals surface area contributed by atoms with E-state index >= 15 is 0 Å². The summed E-state index contributed by atoms with van der Waals surface area (Å²) in [5, 5.41) is 2.35. The van der Waals surface area contributed by atoms with Crippen LogP contribution in [0.15, 0.2) is 23.0 Å². The summed E-state index contributed by atoms with van der Waals surface area (Å²) < 4.78 is 3.18. The van der Waals surface area contributed by atoms with E-state index in [0.717, 1.165) is 48.6 Å². The lowest BCUT2D eigenvalue weighted by Gasteiger charge is -2.32. The summed E-state index contributed by atoms with van der Waals surface area (Å²) in [6, 6.07) is 5.24. The van der Waals surface area contributed by atoms with E-state index in [2.05, 4.69) is 17.1 Å². The minimum atomic E-state index is -0.638. The molecule has 2 aromatic rings. The second kappa shape index (κ2) is 8.20. The van der Waals surface area contributed by atoms with Crippen LogP contribution in [0.2, 0.25) is 0 Å². The van der Waals surface area contributed by atoms with Gasteiger partial charge in [0.1, 0.15) is 6.04 Å². The number of aromatic nitrogens is 2. The number of aryl methyl sites for hydroxylation is 1. The maximum absolute atomic E-state index is 12.9. The number of piperidine rings is 2. The van der Waals surface area contributed by atoms with Crippen LogP contribution in [0.3, 0.4) is 0 Å². The van der Waals surface area contributed by atoms with Crippen LogP contribution in [0.4, 0.5) is 5.69 Å². The van der Waals surface area contributed by atoms with Gasteiger partial charge in [0.05, 0.1) is 16.7 Å². The van der Waals surface area contributed by atoms with Crippen molar-refractivity contribution in [3.05, 3.63) is 28.7 Å². The lowest BCUT2D eigenvalue weighted by atomic mass is 9.98. The van der Waals surface area contributed by atoms with Crippen molar-refractivity contribution in [1.82, 2.24) is 14.5 Å². The van der Waals surface area contributed by atoms with E-state index in [1.54, 1.807) is 16.2 Å². The number of anilines is 1. The number of carbonyl (C=O) groups is 2. The number of hydrogen-bond donors (Lipinski definition) is 1. The summed E-state index contributed by atoms with van der Waals surface area (Å²) >= 11 is 0. The first-order valence-electron chi connectivity index (χ1n) is 10.3. The van der Waals surface area contributed by atoms with Crippen LogP contribution in [0.5, 0.6) is 0 Å². The molecule has 152 valence electrons. The number of rotatable bonds is 2. The highest BCUT2D eigenvalue weighted by Gasteiger charge is 2.32. The number of fused-ring (bicyclic) bond motifs is 1. The summed E-state index contributed by atoms with van der Waals surface area (Å²) in [7, 11) is 1.75. The monoisotopic (exact) mass is 386 g/mol. The average molecular weight is 386 g/mol. The predicted molar refractivity (Wildman–Crippen MR) is 111 cm³/mol. The Bertz CT molecular complexity index is 935. The molecule has 2 fully saturated rings. The van der Waals surface area contributed by atoms with Gasteiger partial charge in [0, 0.05) is 26.6 Å². The number of imide groups is 1. The van der Waals surface area contributed by atoms with Crippen LogP contribution >= 0.6 is 0 Å². The van der Waals surface area contributed by atoms with Crippen LogP contribution < -0.4 is 15.9 Å². The lowest BCUT2D eigenvalue weighted by Crippen LogP contribution is -2.44. The maximum Gasteiger partial charge on any atom is 0.329 e. The molecule has 28 heavy (non-hydrogen) atoms. The topological polar surface area (TPSA) is 76.3 Å². The minimum Gasteiger partial charge on any atom is -0.370 e. The average Bonchev–Trinajstić information content (AvgIpc) is 2.95. The standard InChI is InChI=1S/C19H24N4O3.C2H6/c1-12-8-10-22(11-9-12)13-4-3-5-14-17(13)21(2)19(26)23(14)15-6-7-16(24)20-18(15)25;1-2/h3-5,12,15H,6-11H2,1-2H3,(H,20,24,25);1-2H3. The molecular formula is C21H30N4O3. The molecule has 0 radical (unpaired) electrons. The van der Waals surface area contributed by atoms with Gasteiger partial charge in [0.25, 0.3) is 0 Å². The van der Waals surface area contributed by atoms with Gasteiger partial charge in [-0.05, 0) is 37.3 Å². The molecule has 0 aliphatic carbocycles. The Hall–Kier alpha value is -2.57. The fourth-order valence-electron chi connectivity index (χ4n) is 4.15. The van der Waals surface area contributed by atoms with Gasteiger partial charge >= 0.3 is 5.69 Å². The normalized spacial score (nSPS) is 20.7. The van der Waals surface area contributed by atoms with Crippen LogP contribution in [0, 0.1) is 5.92 Å². The SMILES string of the molecule is CC.CC1CCN(c2cccc3c2n(C)c(=O)n3C2CCC(=O)NC2=O)CC1. The molecular weight excluding hydrogens is 356 g/mol. The van der Waals surface area contributed by atoms with Gasteiger partial charge in [0.2, 0.25) is 11.8 Å². The quantitative estimate of drug-likeness (QED) is 0.805. The number of carbonyl (C=O) groups excluding carboxylic acids is 2. The Labute approximate surface area is 165 Å². The summed E-state index contributed by atoms with van der Waals surface area (Å²) in [6.45, 7) is 8.21. The molecule has 7 heteroatoms. The Morgan fingerprint density at radius 2 is 1.71 bits per heavy atom. The van der Waals surface area contributed by atoms with E-state index in [1.165, 1.54) is 0 Å². The third-order valence-electron chi connectivity index (χ3n) is 5.73. The van der Waals surface area contributed by atoms with Crippen molar-refractivity contribution in [3.63, 3.8) is 0 Å². The zero-order valence-electron chi connectivity index (χ0n) is 17.2. The van der Waals surface area contributed by atoms with Crippen molar-refractivity contribution in [2.75, 3.05) is 18.0 Å². The summed E-state index contributed by atoms with van der Waals surface area (Å²) in [5.41, 5.74) is 2.44. The third kappa shape index (κ3) is 3.45. The molecule has 0 bridgehead atoms. The lowest BCUT2D eigenvalue weighted by molar-refractivity contribution is -0.135. The van der Waals surface area contributed by atoms with Crippen molar-refractivity contribution in [2.24, 2.45) is 13.0 Å². The molecule has 2 amide bonds. The molecule has 3 heterocycles. The van der Waals surface area contributed by atoms with Crippen molar-refractivity contribution in [2.45, 2.75) is 52.5 Å². The number of hydrogen-bond acceptors (Lipinski definition) is 4. The van der Waals surface area contributed by atoms with Gasteiger partial charge in [-0.15, -0.1) is 0 Å². The molecule has 4 rings (SSSR count). The van der Waals surface area contributed by atoms with Crippen LogP contribution in [0.25, 0.3) is 11.0 Å². The molecule has 1 aromatic carbocycles. The first-order chi connectivity index (χ1) is 13.5. The summed E-state index contributed by atoms with van der Waals surface area (Å²) in [5.74, 6) is 0.0538. The molecule has 1 N–H and O–H groups in total. The zero-order chi connectivity index (χ0) is 20.4. The molecule has 2 aliphatic rings. The fourth-order valence-corrected chi connectivity index (χ4v) is 4.15. The van der Waals surface area contributed by atoms with Gasteiger partial charge < -0.3 is 4.90 Å². The van der Waals surface area contributed by atoms with Gasteiger partial charge in [-0.25, -0.2) is 4.79 Å². The Kier molecular flexibility index (Phi) is 5.91. The van der Waals surface area contributed by atoms with E-state index in [0.29, 0.717) is 6.42 Å². The van der Waals surface area contributed by atoms with E-state index in [1.807, 2.05) is 32.0 Å². The highest BCUT2D eigenvalue weighted by molar-refractivity contribution is 6.00. The van der Waals surface area contributed by atoms with E-state index in [-0.39, 0.29) is 18.0 Å². The first kappa shape index (κ1) is 20.2. The Morgan fingerprint density at radius 1 is 1.04 bits per heavy atom. The number of nitrogens with one attached hydrogen (secondary N) is 1. The molecule has 0 spiro atoms. The second-order valence-corrected chi connectivity index (χ2v) is 7.49. The van der Waals surface area contributed by atoms with Crippen molar-refractivity contribution < 1.29 is 9.59 Å². The number of imidazole rings is 1. The molecule has 0 saturated carbocycles. The number of nitrogens with zero attached hydrogens (tertiary/aromatic N) is 3. The van der Waals surface area contributed by atoms with Crippen LogP contribution in [-0.2, 0) is 16.6 Å². The molecule has 1 unspecified atom stereocenters. The zero-order valence-corrected chi connectivity index (χ0v) is 17.2. The number of para-hydroxylation sites is 1. The second-order valence-electron chi connectivity index (χ2n) is 7.49. The van der Waals surface area contributed by atoms with Crippen LogP contribution in [0.1, 0.15) is 52.5 Å². The Balaban J connectivity index is 0.00000109. The maximum atomic E-state index is 12.9. The molecule has 2 saturated heterocycles. The highest BCUT2D eigenvalue weighted by atomic mass is 16.2. The molecule has 1 aromatic heterocycles. The van der Waals surface area contributed by atoms with E-state index in [4.69, 9.17) is 0 Å². The highest BCUT2D eigenvalue weighted by Crippen LogP contribution is 2.31. The number of benzene rings is 1. The smallest absolute Gasteiger partial charge is 0.329 e. The summed E-state index contributed by atoms with van der Waals surface area (Å²) in [6.07, 6.45) is 2.88. The fraction of sp³-hybridized carbons (Fsp3) is 0.571. The molecule has 2 aliphatic heterocycles. The van der Waals surface area contributed by atoms with Gasteiger partial charge in [-0.2, -0.15) is 0 Å². The summed E-state index contributed by atoms with van der Waals surface area (Å²) in [4.78, 5) is 39.1. The van der Waals surface area contributed by atoms with Gasteiger partial charge in [-0.1, -0.05) is 26.8 Å². The molecule has 7 nitrogen and oxygen atoms in total. The number of amides is 2. The third-order valence-corrected chi connectivity index (χ3v) is 5.73. The first-order valence-corrected chi connectivity index (χ1v) is 10.3. The van der Waals surface area contributed by atoms with E-state index < -0.39 is 11.9 Å². The van der Waals surface area contributed by atoms with Crippen LogP contribution in [-0.4, -0.2) is 34.0 Å². The van der Waals surface area contributed by atoms with Crippen molar-refractivity contribution >= 4 is 28.5 Å².